The van der Waals surface area contributed by atoms with E-state index >= 15 is 0 Å². The molecule has 1 fully saturated rings. The van der Waals surface area contributed by atoms with E-state index in [1.807, 2.05) is 36.6 Å². The molecule has 2 aromatic carbocycles. The molecule has 3 rings (SSSR count). The van der Waals surface area contributed by atoms with E-state index in [4.69, 9.17) is 0 Å². The summed E-state index contributed by atoms with van der Waals surface area (Å²) in [4.78, 5) is 51.5. The number of carboxylic acid groups (broad SMARTS) is 1. The lowest BCUT2D eigenvalue weighted by Gasteiger charge is -2.25. The fourth-order valence-corrected chi connectivity index (χ4v) is 4.83. The Hall–Kier alpha value is -3.57. The van der Waals surface area contributed by atoms with Gasteiger partial charge in [0.2, 0.25) is 17.7 Å². The van der Waals surface area contributed by atoms with Crippen LogP contribution in [0.15, 0.2) is 54.6 Å². The van der Waals surface area contributed by atoms with Crippen molar-refractivity contribution in [3.8, 4) is 5.75 Å². The molecule has 0 bridgehead atoms. The van der Waals surface area contributed by atoms with E-state index < -0.39 is 35.9 Å². The number of hydrogen-bond donors (Lipinski definition) is 6. The molecule has 2 aromatic rings. The maximum Gasteiger partial charge on any atom is 0.326 e. The molecule has 4 unspecified atom stereocenters. The summed E-state index contributed by atoms with van der Waals surface area (Å²) in [6.07, 6.45) is 3.99. The molecule has 10 nitrogen and oxygen atoms in total. The quantitative estimate of drug-likeness (QED) is 0.203. The predicted octanol–water partition coefficient (Wildman–Crippen LogP) is 1.22. The smallest absolute Gasteiger partial charge is 0.326 e. The van der Waals surface area contributed by atoms with Crippen LogP contribution in [-0.2, 0) is 32.0 Å². The van der Waals surface area contributed by atoms with E-state index in [-0.39, 0.29) is 30.5 Å². The van der Waals surface area contributed by atoms with E-state index in [0.29, 0.717) is 24.2 Å². The van der Waals surface area contributed by atoms with E-state index in [1.54, 1.807) is 23.9 Å². The summed E-state index contributed by atoms with van der Waals surface area (Å²) in [5.74, 6) is -1.96. The van der Waals surface area contributed by atoms with Gasteiger partial charge in [0.15, 0.2) is 0 Å². The molecule has 3 amide bonds. The molecule has 0 aromatic heterocycles. The van der Waals surface area contributed by atoms with Crippen LogP contribution in [0.2, 0.25) is 0 Å². The van der Waals surface area contributed by atoms with Crippen LogP contribution in [0.1, 0.15) is 30.4 Å². The van der Waals surface area contributed by atoms with Gasteiger partial charge >= 0.3 is 5.97 Å². The number of amides is 3. The van der Waals surface area contributed by atoms with Crippen molar-refractivity contribution in [1.82, 2.24) is 21.3 Å². The summed E-state index contributed by atoms with van der Waals surface area (Å²) in [5, 5.41) is 30.5. The molecule has 11 heteroatoms. The summed E-state index contributed by atoms with van der Waals surface area (Å²) >= 11 is 1.54. The van der Waals surface area contributed by atoms with E-state index in [9.17, 15) is 29.4 Å². The molecule has 1 saturated heterocycles. The molecule has 4 atom stereocenters. The first-order valence-corrected chi connectivity index (χ1v) is 14.3. The van der Waals surface area contributed by atoms with Gasteiger partial charge < -0.3 is 31.5 Å². The van der Waals surface area contributed by atoms with Gasteiger partial charge in [0.1, 0.15) is 23.9 Å². The third kappa shape index (κ3) is 9.60. The molecular weight excluding hydrogens is 520 g/mol. The third-order valence-corrected chi connectivity index (χ3v) is 7.17. The summed E-state index contributed by atoms with van der Waals surface area (Å²) in [6, 6.07) is 11.6. The lowest BCUT2D eigenvalue weighted by molar-refractivity contribution is -0.142. The SMILES string of the molecule is CSCCC(NC(=O)C1CCCN1)C(=O)NC(Cc1ccccc1)C(=O)NC(Cc1ccc(O)cc1)C(=O)O. The van der Waals surface area contributed by atoms with Crippen molar-refractivity contribution in [2.75, 3.05) is 18.6 Å². The van der Waals surface area contributed by atoms with Crippen molar-refractivity contribution < 1.29 is 29.4 Å². The lowest BCUT2D eigenvalue weighted by atomic mass is 10.0. The number of rotatable bonds is 14. The number of carbonyl (C=O) groups excluding carboxylic acids is 3. The highest BCUT2D eigenvalue weighted by atomic mass is 32.2. The number of aromatic hydroxyl groups is 1. The maximum atomic E-state index is 13.4. The third-order valence-electron chi connectivity index (χ3n) is 6.53. The van der Waals surface area contributed by atoms with Gasteiger partial charge in [-0.25, -0.2) is 4.79 Å². The normalized spacial score (nSPS) is 17.0. The zero-order chi connectivity index (χ0) is 28.2. The monoisotopic (exact) mass is 556 g/mol. The van der Waals surface area contributed by atoms with Crippen LogP contribution in [0.25, 0.3) is 0 Å². The number of thioether (sulfide) groups is 1. The second kappa shape index (κ2) is 15.1. The first-order valence-electron chi connectivity index (χ1n) is 12.9. The lowest BCUT2D eigenvalue weighted by Crippen LogP contribution is -2.57. The Balaban J connectivity index is 1.75. The highest BCUT2D eigenvalue weighted by Crippen LogP contribution is 2.13. The topological polar surface area (TPSA) is 157 Å². The first kappa shape index (κ1) is 30.0. The number of aliphatic carboxylic acids is 1. The number of phenols is 1. The zero-order valence-electron chi connectivity index (χ0n) is 21.9. The Morgan fingerprint density at radius 2 is 1.51 bits per heavy atom. The molecule has 0 aliphatic carbocycles. The second-order valence-electron chi connectivity index (χ2n) is 9.51. The molecule has 1 aliphatic rings. The average molecular weight is 557 g/mol. The number of carbonyl (C=O) groups is 4. The molecule has 1 aliphatic heterocycles. The van der Waals surface area contributed by atoms with Gasteiger partial charge in [0, 0.05) is 12.8 Å². The van der Waals surface area contributed by atoms with Crippen LogP contribution < -0.4 is 21.3 Å². The Labute approximate surface area is 232 Å². The van der Waals surface area contributed by atoms with Gasteiger partial charge in [0.25, 0.3) is 0 Å². The van der Waals surface area contributed by atoms with Crippen LogP contribution in [0.5, 0.6) is 5.75 Å². The van der Waals surface area contributed by atoms with Gasteiger partial charge in [-0.3, -0.25) is 14.4 Å². The molecular formula is C28H36N4O6S. The van der Waals surface area contributed by atoms with Crippen LogP contribution >= 0.6 is 11.8 Å². The van der Waals surface area contributed by atoms with Gasteiger partial charge in [-0.2, -0.15) is 11.8 Å². The van der Waals surface area contributed by atoms with Crippen molar-refractivity contribution in [3.05, 3.63) is 65.7 Å². The fourth-order valence-electron chi connectivity index (χ4n) is 4.36. The molecule has 0 saturated carbocycles. The summed E-state index contributed by atoms with van der Waals surface area (Å²) in [7, 11) is 0. The zero-order valence-corrected chi connectivity index (χ0v) is 22.7. The van der Waals surface area contributed by atoms with Crippen molar-refractivity contribution in [3.63, 3.8) is 0 Å². The minimum atomic E-state index is -1.25. The van der Waals surface area contributed by atoms with Crippen LogP contribution in [0.3, 0.4) is 0 Å². The van der Waals surface area contributed by atoms with Gasteiger partial charge in [-0.1, -0.05) is 42.5 Å². The summed E-state index contributed by atoms with van der Waals surface area (Å²) < 4.78 is 0. The van der Waals surface area contributed by atoms with E-state index in [1.165, 1.54) is 12.1 Å². The number of carboxylic acids is 1. The molecule has 210 valence electrons. The highest BCUT2D eigenvalue weighted by Gasteiger charge is 2.31. The largest absolute Gasteiger partial charge is 0.508 e. The Kier molecular flexibility index (Phi) is 11.6. The molecule has 0 spiro atoms. The standard InChI is InChI=1S/C28H36N4O6S/c1-39-15-13-22(30-25(34)21-8-5-14-29-21)26(35)31-23(16-18-6-3-2-4-7-18)27(36)32-24(28(37)38)17-19-9-11-20(33)12-10-19/h2-4,6-7,9-12,21-24,29,33H,5,8,13-17H2,1H3,(H,30,34)(H,31,35)(H,32,36)(H,37,38). The first-order chi connectivity index (χ1) is 18.8. The molecule has 0 radical (unpaired) electrons. The Bertz CT molecular complexity index is 1110. The molecule has 39 heavy (non-hydrogen) atoms. The van der Waals surface area contributed by atoms with Crippen molar-refractivity contribution in [2.45, 2.75) is 56.3 Å². The number of benzene rings is 2. The van der Waals surface area contributed by atoms with Crippen LogP contribution in [0.4, 0.5) is 0 Å². The average Bonchev–Trinajstić information content (AvgIpc) is 3.47. The number of phenolic OH excluding ortho intramolecular Hbond substituents is 1. The number of nitrogens with one attached hydrogen (secondary N) is 4. The maximum absolute atomic E-state index is 13.4. The molecule has 1 heterocycles. The van der Waals surface area contributed by atoms with Crippen LogP contribution in [0, 0.1) is 0 Å². The Morgan fingerprint density at radius 1 is 0.897 bits per heavy atom. The van der Waals surface area contributed by atoms with Crippen LogP contribution in [-0.4, -0.2) is 76.6 Å². The Morgan fingerprint density at radius 3 is 2.13 bits per heavy atom. The van der Waals surface area contributed by atoms with E-state index in [2.05, 4.69) is 21.3 Å². The van der Waals surface area contributed by atoms with Gasteiger partial charge in [-0.05, 0) is 61.1 Å². The summed E-state index contributed by atoms with van der Waals surface area (Å²) in [5.41, 5.74) is 1.40. The van der Waals surface area contributed by atoms with Gasteiger partial charge in [0.05, 0.1) is 6.04 Å². The van der Waals surface area contributed by atoms with Crippen molar-refractivity contribution in [1.29, 1.82) is 0 Å². The summed E-state index contributed by atoms with van der Waals surface area (Å²) in [6.45, 7) is 0.744. The van der Waals surface area contributed by atoms with Crippen molar-refractivity contribution in [2.24, 2.45) is 0 Å². The minimum Gasteiger partial charge on any atom is -0.508 e. The van der Waals surface area contributed by atoms with E-state index in [0.717, 1.165) is 18.5 Å². The predicted molar refractivity (Wildman–Crippen MR) is 149 cm³/mol. The highest BCUT2D eigenvalue weighted by molar-refractivity contribution is 7.98. The number of hydrogen-bond acceptors (Lipinski definition) is 7. The second-order valence-corrected chi connectivity index (χ2v) is 10.5. The van der Waals surface area contributed by atoms with Gasteiger partial charge in [-0.15, -0.1) is 0 Å². The van der Waals surface area contributed by atoms with Crippen molar-refractivity contribution >= 4 is 35.5 Å². The molecule has 6 N–H and O–H groups in total. The fraction of sp³-hybridized carbons (Fsp3) is 0.429. The minimum absolute atomic E-state index is 0.00580.